The van der Waals surface area contributed by atoms with Gasteiger partial charge in [-0.1, -0.05) is 18.2 Å². The zero-order valence-electron chi connectivity index (χ0n) is 7.15. The molecule has 2 aromatic rings. The topological polar surface area (TPSA) is 0 Å². The van der Waals surface area contributed by atoms with Crippen molar-refractivity contribution < 1.29 is 21.7 Å². The smallest absolute Gasteiger partial charge is 0.0130 e. The second kappa shape index (κ2) is 8.61. The summed E-state index contributed by atoms with van der Waals surface area (Å²) in [6.45, 7) is 0. The first-order valence-corrected chi connectivity index (χ1v) is 4.85. The van der Waals surface area contributed by atoms with Gasteiger partial charge in [-0.15, -0.1) is 0 Å². The molecule has 2 heteroatoms. The van der Waals surface area contributed by atoms with Crippen LogP contribution in [0.15, 0.2) is 60.7 Å². The first-order chi connectivity index (χ1) is 5.89. The van der Waals surface area contributed by atoms with Gasteiger partial charge < -0.3 is 0 Å². The third-order valence-electron chi connectivity index (χ3n) is 1.29. The first-order valence-electron chi connectivity index (χ1n) is 3.77. The van der Waals surface area contributed by atoms with E-state index < -0.39 is 0 Å². The molecule has 0 radical (unpaired) electrons. The Morgan fingerprint density at radius 3 is 1.62 bits per heavy atom. The number of hydrogen-bond donors (Lipinski definition) is 0. The Labute approximate surface area is 108 Å². The molecule has 0 aliphatic carbocycles. The number of rotatable bonds is 0. The minimum atomic E-state index is 0. The second-order valence-electron chi connectivity index (χ2n) is 2.26. The summed E-state index contributed by atoms with van der Waals surface area (Å²) in [6, 6.07) is 20.2. The molecule has 0 N–H and O–H groups in total. The van der Waals surface area contributed by atoms with Crippen molar-refractivity contribution in [2.24, 2.45) is 0 Å². The van der Waals surface area contributed by atoms with Gasteiger partial charge >= 0.3 is 0 Å². The van der Waals surface area contributed by atoms with E-state index in [1.54, 1.807) is 0 Å². The fourth-order valence-electron chi connectivity index (χ4n) is 0.735. The molecule has 0 amide bonds. The standard InChI is InChI=1S/C6H5I.C5H5.Ti/c7-6-4-2-1-3-5-6;1-2-4-5-3-1;/h1-5H;1-5H;/q;-1;. The Morgan fingerprint density at radius 2 is 1.38 bits per heavy atom. The van der Waals surface area contributed by atoms with Crippen molar-refractivity contribution in [1.29, 1.82) is 0 Å². The van der Waals surface area contributed by atoms with E-state index in [2.05, 4.69) is 34.7 Å². The van der Waals surface area contributed by atoms with E-state index in [1.165, 1.54) is 3.57 Å². The van der Waals surface area contributed by atoms with Gasteiger partial charge in [0.25, 0.3) is 0 Å². The summed E-state index contributed by atoms with van der Waals surface area (Å²) >= 11 is 2.28. The van der Waals surface area contributed by atoms with Crippen molar-refractivity contribution in [1.82, 2.24) is 0 Å². The Balaban J connectivity index is 0.000000215. The zero-order valence-corrected chi connectivity index (χ0v) is 10.9. The van der Waals surface area contributed by atoms with Gasteiger partial charge in [-0.3, -0.25) is 0 Å². The van der Waals surface area contributed by atoms with Gasteiger partial charge in [0, 0.05) is 25.3 Å². The average Bonchev–Trinajstić information content (AvgIpc) is 2.62. The Morgan fingerprint density at radius 1 is 0.846 bits per heavy atom. The van der Waals surface area contributed by atoms with E-state index in [1.807, 2.05) is 48.5 Å². The molecule has 0 aromatic heterocycles. The summed E-state index contributed by atoms with van der Waals surface area (Å²) < 4.78 is 1.29. The summed E-state index contributed by atoms with van der Waals surface area (Å²) in [5.74, 6) is 0. The molecule has 0 bridgehead atoms. The summed E-state index contributed by atoms with van der Waals surface area (Å²) in [5.41, 5.74) is 0. The maximum atomic E-state index is 2.28. The fourth-order valence-corrected chi connectivity index (χ4v) is 1.15. The van der Waals surface area contributed by atoms with Crippen LogP contribution >= 0.6 is 22.6 Å². The second-order valence-corrected chi connectivity index (χ2v) is 3.50. The molecule has 2 rings (SSSR count). The molecule has 0 fully saturated rings. The summed E-state index contributed by atoms with van der Waals surface area (Å²) in [5, 5.41) is 0. The van der Waals surface area contributed by atoms with Crippen LogP contribution in [0, 0.1) is 3.57 Å². The van der Waals surface area contributed by atoms with Crippen LogP contribution in [-0.2, 0) is 21.7 Å². The van der Waals surface area contributed by atoms with Crippen LogP contribution in [0.2, 0.25) is 0 Å². The van der Waals surface area contributed by atoms with E-state index in [9.17, 15) is 0 Å². The van der Waals surface area contributed by atoms with Crippen LogP contribution in [0.3, 0.4) is 0 Å². The van der Waals surface area contributed by atoms with Gasteiger partial charge in [0.05, 0.1) is 0 Å². The Bertz CT molecular complexity index is 259. The molecule has 13 heavy (non-hydrogen) atoms. The minimum absolute atomic E-state index is 0. The maximum absolute atomic E-state index is 2.28. The largest absolute Gasteiger partial charge is 0.214 e. The molecule has 0 nitrogen and oxygen atoms in total. The van der Waals surface area contributed by atoms with Gasteiger partial charge in [-0.05, 0) is 34.7 Å². The summed E-state index contributed by atoms with van der Waals surface area (Å²) in [4.78, 5) is 0. The SMILES string of the molecule is Ic1ccccc1.[Ti].c1cc[cH-]c1. The predicted octanol–water partition coefficient (Wildman–Crippen LogP) is 3.69. The average molecular weight is 317 g/mol. The van der Waals surface area contributed by atoms with Crippen molar-refractivity contribution in [2.45, 2.75) is 0 Å². The summed E-state index contributed by atoms with van der Waals surface area (Å²) in [6.07, 6.45) is 0. The van der Waals surface area contributed by atoms with Crippen molar-refractivity contribution in [2.75, 3.05) is 0 Å². The molecule has 0 aliphatic rings. The maximum Gasteiger partial charge on any atom is 0.0130 e. The van der Waals surface area contributed by atoms with E-state index >= 15 is 0 Å². The van der Waals surface area contributed by atoms with E-state index in [0.717, 1.165) is 0 Å². The van der Waals surface area contributed by atoms with Crippen molar-refractivity contribution in [3.63, 3.8) is 0 Å². The van der Waals surface area contributed by atoms with Gasteiger partial charge in [0.1, 0.15) is 0 Å². The van der Waals surface area contributed by atoms with Gasteiger partial charge in [0.2, 0.25) is 0 Å². The number of benzene rings is 1. The van der Waals surface area contributed by atoms with Crippen LogP contribution in [-0.4, -0.2) is 0 Å². The first kappa shape index (κ1) is 13.0. The minimum Gasteiger partial charge on any atom is -0.214 e. The number of hydrogen-bond acceptors (Lipinski definition) is 0. The number of halogens is 1. The molecule has 0 atom stereocenters. The molecule has 0 spiro atoms. The molecule has 0 heterocycles. The molecule has 66 valence electrons. The Kier molecular flexibility index (Phi) is 8.61. The third-order valence-corrected chi connectivity index (χ3v) is 2.01. The molecule has 0 saturated carbocycles. The molecule has 0 unspecified atom stereocenters. The molecule has 2 aromatic carbocycles. The quantitative estimate of drug-likeness (QED) is 0.395. The molecule has 0 saturated heterocycles. The van der Waals surface area contributed by atoms with Gasteiger partial charge in [-0.2, -0.15) is 18.2 Å². The van der Waals surface area contributed by atoms with Crippen molar-refractivity contribution in [3.05, 3.63) is 64.2 Å². The van der Waals surface area contributed by atoms with Crippen LogP contribution in [0.25, 0.3) is 0 Å². The zero-order chi connectivity index (χ0) is 8.65. The van der Waals surface area contributed by atoms with E-state index in [-0.39, 0.29) is 21.7 Å². The van der Waals surface area contributed by atoms with Crippen LogP contribution in [0.5, 0.6) is 0 Å². The monoisotopic (exact) mass is 317 g/mol. The van der Waals surface area contributed by atoms with E-state index in [4.69, 9.17) is 0 Å². The fraction of sp³-hybridized carbons (Fsp3) is 0. The van der Waals surface area contributed by atoms with Gasteiger partial charge in [0.15, 0.2) is 0 Å². The van der Waals surface area contributed by atoms with Crippen LogP contribution in [0.4, 0.5) is 0 Å². The van der Waals surface area contributed by atoms with Crippen molar-refractivity contribution >= 4 is 22.6 Å². The van der Waals surface area contributed by atoms with E-state index in [0.29, 0.717) is 0 Å². The molecular weight excluding hydrogens is 307 g/mol. The van der Waals surface area contributed by atoms with Crippen molar-refractivity contribution in [3.8, 4) is 0 Å². The molecule has 0 aliphatic heterocycles. The van der Waals surface area contributed by atoms with Gasteiger partial charge in [-0.25, -0.2) is 12.1 Å². The predicted molar refractivity (Wildman–Crippen MR) is 61.2 cm³/mol. The molecular formula is C11H10ITi-. The van der Waals surface area contributed by atoms with Crippen LogP contribution in [0.1, 0.15) is 0 Å². The van der Waals surface area contributed by atoms with Crippen LogP contribution < -0.4 is 0 Å². The third kappa shape index (κ3) is 7.11. The Hall–Kier alpha value is 0.0143. The summed E-state index contributed by atoms with van der Waals surface area (Å²) in [7, 11) is 0. The normalized spacial score (nSPS) is 7.77.